The van der Waals surface area contributed by atoms with Gasteiger partial charge >= 0.3 is 0 Å². The third-order valence-electron chi connectivity index (χ3n) is 2.79. The van der Waals surface area contributed by atoms with E-state index in [2.05, 4.69) is 15.6 Å². The summed E-state index contributed by atoms with van der Waals surface area (Å²) in [4.78, 5) is 26.9. The number of anilines is 1. The number of benzene rings is 1. The first-order chi connectivity index (χ1) is 10.0. The Kier molecular flexibility index (Phi) is 5.05. The number of nitrogens with one attached hydrogen (secondary N) is 2. The molecule has 0 saturated heterocycles. The van der Waals surface area contributed by atoms with Crippen molar-refractivity contribution in [2.45, 2.75) is 26.8 Å². The molecule has 0 aliphatic heterocycles. The quantitative estimate of drug-likeness (QED) is 0.890. The number of amides is 2. The van der Waals surface area contributed by atoms with Crippen LogP contribution in [0.3, 0.4) is 0 Å². The molecule has 0 aliphatic carbocycles. The molecule has 2 amide bonds. The van der Waals surface area contributed by atoms with Crippen molar-refractivity contribution in [2.75, 3.05) is 5.32 Å². The van der Waals surface area contributed by atoms with Crippen LogP contribution in [0, 0.1) is 6.92 Å². The number of thiazole rings is 1. The number of hydrogen-bond donors (Lipinski definition) is 2. The molecular weight excluding hydrogens is 286 g/mol. The number of rotatable bonds is 5. The molecule has 0 atom stereocenters. The Bertz CT molecular complexity index is 635. The van der Waals surface area contributed by atoms with Crippen LogP contribution in [0.5, 0.6) is 0 Å². The SMILES string of the molecule is CC(=O)Nc1nc(CC(=O)NCc2ccc(C)cc2)cs1. The average molecular weight is 303 g/mol. The summed E-state index contributed by atoms with van der Waals surface area (Å²) in [6.45, 7) is 3.95. The van der Waals surface area contributed by atoms with Gasteiger partial charge in [-0.1, -0.05) is 29.8 Å². The number of hydrogen-bond acceptors (Lipinski definition) is 4. The van der Waals surface area contributed by atoms with Gasteiger partial charge in [-0.15, -0.1) is 11.3 Å². The molecule has 5 nitrogen and oxygen atoms in total. The van der Waals surface area contributed by atoms with Crippen LogP contribution in [0.2, 0.25) is 0 Å². The van der Waals surface area contributed by atoms with Gasteiger partial charge in [-0.2, -0.15) is 0 Å². The lowest BCUT2D eigenvalue weighted by Gasteiger charge is -2.04. The van der Waals surface area contributed by atoms with Crippen molar-refractivity contribution in [2.24, 2.45) is 0 Å². The summed E-state index contributed by atoms with van der Waals surface area (Å²) < 4.78 is 0. The molecule has 110 valence electrons. The van der Waals surface area contributed by atoms with E-state index in [1.807, 2.05) is 31.2 Å². The lowest BCUT2D eigenvalue weighted by Crippen LogP contribution is -2.24. The van der Waals surface area contributed by atoms with E-state index in [1.165, 1.54) is 23.8 Å². The second kappa shape index (κ2) is 6.99. The molecule has 0 unspecified atom stereocenters. The monoisotopic (exact) mass is 303 g/mol. The largest absolute Gasteiger partial charge is 0.352 e. The Labute approximate surface area is 127 Å². The molecule has 0 spiro atoms. The molecule has 6 heteroatoms. The van der Waals surface area contributed by atoms with Crippen molar-refractivity contribution in [3.8, 4) is 0 Å². The molecule has 2 rings (SSSR count). The van der Waals surface area contributed by atoms with Gasteiger partial charge < -0.3 is 10.6 Å². The summed E-state index contributed by atoms with van der Waals surface area (Å²) in [6.07, 6.45) is 0.210. The van der Waals surface area contributed by atoms with Crippen LogP contribution >= 0.6 is 11.3 Å². The third-order valence-corrected chi connectivity index (χ3v) is 3.59. The van der Waals surface area contributed by atoms with Gasteiger partial charge in [0.2, 0.25) is 11.8 Å². The minimum Gasteiger partial charge on any atom is -0.352 e. The van der Waals surface area contributed by atoms with Crippen LogP contribution in [0.4, 0.5) is 5.13 Å². The number of aryl methyl sites for hydroxylation is 1. The topological polar surface area (TPSA) is 71.1 Å². The Hall–Kier alpha value is -2.21. The van der Waals surface area contributed by atoms with E-state index in [4.69, 9.17) is 0 Å². The standard InChI is InChI=1S/C15H17N3O2S/c1-10-3-5-12(6-4-10)8-16-14(20)7-13-9-21-15(18-13)17-11(2)19/h3-6,9H,7-8H2,1-2H3,(H,16,20)(H,17,18,19). The molecule has 1 aromatic heterocycles. The molecule has 0 bridgehead atoms. The maximum absolute atomic E-state index is 11.9. The predicted octanol–water partition coefficient (Wildman–Crippen LogP) is 2.27. The van der Waals surface area contributed by atoms with E-state index in [0.717, 1.165) is 5.56 Å². The predicted molar refractivity (Wildman–Crippen MR) is 83.1 cm³/mol. The summed E-state index contributed by atoms with van der Waals surface area (Å²) in [5.41, 5.74) is 2.91. The van der Waals surface area contributed by atoms with Gasteiger partial charge in [-0.25, -0.2) is 4.98 Å². The summed E-state index contributed by atoms with van der Waals surface area (Å²) in [6, 6.07) is 8.02. The summed E-state index contributed by atoms with van der Waals surface area (Å²) >= 11 is 1.31. The molecule has 1 aromatic carbocycles. The summed E-state index contributed by atoms with van der Waals surface area (Å²) in [7, 11) is 0. The van der Waals surface area contributed by atoms with Crippen molar-refractivity contribution in [3.05, 3.63) is 46.5 Å². The molecule has 0 saturated carbocycles. The zero-order chi connectivity index (χ0) is 15.2. The highest BCUT2D eigenvalue weighted by atomic mass is 32.1. The number of nitrogens with zero attached hydrogens (tertiary/aromatic N) is 1. The fraction of sp³-hybridized carbons (Fsp3) is 0.267. The van der Waals surface area contributed by atoms with Gasteiger partial charge in [0, 0.05) is 18.8 Å². The fourth-order valence-electron chi connectivity index (χ4n) is 1.73. The first-order valence-electron chi connectivity index (χ1n) is 6.57. The third kappa shape index (κ3) is 5.00. The zero-order valence-electron chi connectivity index (χ0n) is 12.0. The Morgan fingerprint density at radius 1 is 1.24 bits per heavy atom. The van der Waals surface area contributed by atoms with Crippen LogP contribution in [0.25, 0.3) is 0 Å². The van der Waals surface area contributed by atoms with Crippen LogP contribution in [-0.2, 0) is 22.6 Å². The minimum atomic E-state index is -0.167. The van der Waals surface area contributed by atoms with Gasteiger partial charge in [0.1, 0.15) is 0 Å². The minimum absolute atomic E-state index is 0.0877. The smallest absolute Gasteiger partial charge is 0.226 e. The lowest BCUT2D eigenvalue weighted by atomic mass is 10.1. The number of aromatic nitrogens is 1. The van der Waals surface area contributed by atoms with Crippen molar-refractivity contribution in [3.63, 3.8) is 0 Å². The van der Waals surface area contributed by atoms with Crippen molar-refractivity contribution in [1.29, 1.82) is 0 Å². The second-order valence-electron chi connectivity index (χ2n) is 4.76. The first kappa shape index (κ1) is 15.2. The molecule has 21 heavy (non-hydrogen) atoms. The number of carbonyl (C=O) groups excluding carboxylic acids is 2. The lowest BCUT2D eigenvalue weighted by molar-refractivity contribution is -0.120. The van der Waals surface area contributed by atoms with Gasteiger partial charge in [-0.3, -0.25) is 9.59 Å². The maximum atomic E-state index is 11.9. The molecule has 0 radical (unpaired) electrons. The van der Waals surface area contributed by atoms with Crippen LogP contribution in [0.15, 0.2) is 29.6 Å². The van der Waals surface area contributed by atoms with E-state index >= 15 is 0 Å². The van der Waals surface area contributed by atoms with E-state index in [9.17, 15) is 9.59 Å². The van der Waals surface area contributed by atoms with Crippen molar-refractivity contribution < 1.29 is 9.59 Å². The molecular formula is C15H17N3O2S. The van der Waals surface area contributed by atoms with Crippen molar-refractivity contribution >= 4 is 28.3 Å². The zero-order valence-corrected chi connectivity index (χ0v) is 12.8. The van der Waals surface area contributed by atoms with Gasteiger partial charge in [0.25, 0.3) is 0 Å². The highest BCUT2D eigenvalue weighted by molar-refractivity contribution is 7.13. The summed E-state index contributed by atoms with van der Waals surface area (Å²) in [5, 5.41) is 7.75. The average Bonchev–Trinajstić information content (AvgIpc) is 2.84. The van der Waals surface area contributed by atoms with Crippen LogP contribution < -0.4 is 10.6 Å². The van der Waals surface area contributed by atoms with E-state index in [-0.39, 0.29) is 18.2 Å². The van der Waals surface area contributed by atoms with E-state index in [1.54, 1.807) is 5.38 Å². The molecule has 1 heterocycles. The molecule has 2 aromatic rings. The first-order valence-corrected chi connectivity index (χ1v) is 7.45. The van der Waals surface area contributed by atoms with E-state index in [0.29, 0.717) is 17.4 Å². The maximum Gasteiger partial charge on any atom is 0.226 e. The highest BCUT2D eigenvalue weighted by Crippen LogP contribution is 2.15. The fourth-order valence-corrected chi connectivity index (χ4v) is 2.49. The van der Waals surface area contributed by atoms with Crippen molar-refractivity contribution in [1.82, 2.24) is 10.3 Å². The van der Waals surface area contributed by atoms with Gasteiger partial charge in [0.05, 0.1) is 12.1 Å². The summed E-state index contributed by atoms with van der Waals surface area (Å²) in [5.74, 6) is -0.255. The molecule has 0 aliphatic rings. The van der Waals surface area contributed by atoms with E-state index < -0.39 is 0 Å². The Morgan fingerprint density at radius 3 is 2.62 bits per heavy atom. The number of carbonyl (C=O) groups is 2. The normalized spacial score (nSPS) is 10.2. The Morgan fingerprint density at radius 2 is 1.95 bits per heavy atom. The van der Waals surface area contributed by atoms with Crippen LogP contribution in [0.1, 0.15) is 23.7 Å². The second-order valence-corrected chi connectivity index (χ2v) is 5.62. The Balaban J connectivity index is 1.82. The molecule has 0 fully saturated rings. The molecule has 2 N–H and O–H groups in total. The van der Waals surface area contributed by atoms with Gasteiger partial charge in [0.15, 0.2) is 5.13 Å². The van der Waals surface area contributed by atoms with Crippen LogP contribution in [-0.4, -0.2) is 16.8 Å². The van der Waals surface area contributed by atoms with Gasteiger partial charge in [-0.05, 0) is 12.5 Å². The highest BCUT2D eigenvalue weighted by Gasteiger charge is 2.08.